The van der Waals surface area contributed by atoms with Crippen LogP contribution in [0.25, 0.3) is 0 Å². The fraction of sp³-hybridized carbons (Fsp3) is 0.0833. The lowest BCUT2D eigenvalue weighted by atomic mass is 10.1. The van der Waals surface area contributed by atoms with Crippen molar-refractivity contribution in [3.05, 3.63) is 51.2 Å². The number of ketones is 1. The molecule has 0 N–H and O–H groups in total. The minimum absolute atomic E-state index is 0.0705. The first kappa shape index (κ1) is 11.2. The Morgan fingerprint density at radius 3 is 2.75 bits per heavy atom. The molecule has 0 unspecified atom stereocenters. The van der Waals surface area contributed by atoms with Gasteiger partial charge in [0, 0.05) is 17.0 Å². The average molecular weight is 253 g/mol. The first-order valence-corrected chi connectivity index (χ1v) is 5.90. The van der Waals surface area contributed by atoms with Crippen molar-refractivity contribution in [3.63, 3.8) is 0 Å². The van der Waals surface area contributed by atoms with Crippen LogP contribution in [-0.4, -0.2) is 12.9 Å². The number of carbonyl (C=O) groups excluding carboxylic acids is 1. The first-order chi connectivity index (χ1) is 7.72. The third-order valence-corrected chi connectivity index (χ3v) is 3.39. The SMILES string of the molecule is COc1csc(C(=O)c2ccccc2Cl)c1. The lowest BCUT2D eigenvalue weighted by Crippen LogP contribution is -1.99. The Bertz CT molecular complexity index is 519. The predicted molar refractivity (Wildman–Crippen MR) is 65.8 cm³/mol. The highest BCUT2D eigenvalue weighted by molar-refractivity contribution is 7.12. The molecule has 0 fully saturated rings. The van der Waals surface area contributed by atoms with Gasteiger partial charge < -0.3 is 4.74 Å². The molecule has 0 aliphatic rings. The van der Waals surface area contributed by atoms with E-state index in [1.54, 1.807) is 42.8 Å². The van der Waals surface area contributed by atoms with Crippen molar-refractivity contribution < 1.29 is 9.53 Å². The summed E-state index contributed by atoms with van der Waals surface area (Å²) in [5.41, 5.74) is 0.522. The second-order valence-electron chi connectivity index (χ2n) is 3.16. The second-order valence-corrected chi connectivity index (χ2v) is 4.48. The highest BCUT2D eigenvalue weighted by Crippen LogP contribution is 2.26. The summed E-state index contributed by atoms with van der Waals surface area (Å²) in [5, 5.41) is 2.27. The Balaban J connectivity index is 2.35. The third-order valence-electron chi connectivity index (χ3n) is 2.15. The molecule has 0 aliphatic heterocycles. The van der Waals surface area contributed by atoms with E-state index in [0.717, 1.165) is 0 Å². The minimum atomic E-state index is -0.0705. The number of ether oxygens (including phenoxy) is 1. The maximum Gasteiger partial charge on any atom is 0.204 e. The normalized spacial score (nSPS) is 10.1. The fourth-order valence-corrected chi connectivity index (χ4v) is 2.35. The number of methoxy groups -OCH3 is 1. The smallest absolute Gasteiger partial charge is 0.204 e. The van der Waals surface area contributed by atoms with Crippen LogP contribution < -0.4 is 4.74 Å². The molecule has 0 aliphatic carbocycles. The highest BCUT2D eigenvalue weighted by atomic mass is 35.5. The van der Waals surface area contributed by atoms with Gasteiger partial charge >= 0.3 is 0 Å². The summed E-state index contributed by atoms with van der Waals surface area (Å²) in [6.07, 6.45) is 0. The molecule has 0 saturated heterocycles. The lowest BCUT2D eigenvalue weighted by molar-refractivity contribution is 0.104. The number of carbonyl (C=O) groups is 1. The zero-order valence-corrected chi connectivity index (χ0v) is 10.1. The summed E-state index contributed by atoms with van der Waals surface area (Å²) in [4.78, 5) is 12.7. The molecule has 1 heterocycles. The molecule has 0 spiro atoms. The van der Waals surface area contributed by atoms with E-state index in [4.69, 9.17) is 16.3 Å². The van der Waals surface area contributed by atoms with Crippen LogP contribution in [0.1, 0.15) is 15.2 Å². The Hall–Kier alpha value is -1.32. The maximum atomic E-state index is 12.1. The summed E-state index contributed by atoms with van der Waals surface area (Å²) >= 11 is 7.31. The van der Waals surface area contributed by atoms with Crippen LogP contribution >= 0.6 is 22.9 Å². The number of hydrogen-bond donors (Lipinski definition) is 0. The molecule has 2 nitrogen and oxygen atoms in total. The topological polar surface area (TPSA) is 26.3 Å². The van der Waals surface area contributed by atoms with Crippen molar-refractivity contribution in [1.29, 1.82) is 0 Å². The standard InChI is InChI=1S/C12H9ClO2S/c1-15-8-6-11(16-7-8)12(14)9-4-2-3-5-10(9)13/h2-7H,1H3. The van der Waals surface area contributed by atoms with Crippen molar-refractivity contribution >= 4 is 28.7 Å². The van der Waals surface area contributed by atoms with Gasteiger partial charge in [-0.1, -0.05) is 23.7 Å². The fourth-order valence-electron chi connectivity index (χ4n) is 1.32. The largest absolute Gasteiger partial charge is 0.496 e. The van der Waals surface area contributed by atoms with Gasteiger partial charge in [-0.15, -0.1) is 11.3 Å². The van der Waals surface area contributed by atoms with E-state index in [0.29, 0.717) is 21.2 Å². The van der Waals surface area contributed by atoms with Crippen LogP contribution in [0.4, 0.5) is 0 Å². The van der Waals surface area contributed by atoms with E-state index >= 15 is 0 Å². The molecular weight excluding hydrogens is 244 g/mol. The summed E-state index contributed by atoms with van der Waals surface area (Å²) < 4.78 is 5.04. The molecule has 1 aromatic carbocycles. The number of benzene rings is 1. The molecule has 0 radical (unpaired) electrons. The van der Waals surface area contributed by atoms with Crippen molar-refractivity contribution in [3.8, 4) is 5.75 Å². The molecule has 0 bridgehead atoms. The van der Waals surface area contributed by atoms with Gasteiger partial charge in [0.05, 0.1) is 17.0 Å². The predicted octanol–water partition coefficient (Wildman–Crippen LogP) is 3.64. The van der Waals surface area contributed by atoms with Crippen LogP contribution in [-0.2, 0) is 0 Å². The van der Waals surface area contributed by atoms with Crippen molar-refractivity contribution in [2.24, 2.45) is 0 Å². The summed E-state index contributed by atoms with van der Waals surface area (Å²) in [6, 6.07) is 8.74. The van der Waals surface area contributed by atoms with Crippen LogP contribution in [0.2, 0.25) is 5.02 Å². The zero-order chi connectivity index (χ0) is 11.5. The van der Waals surface area contributed by atoms with Gasteiger partial charge in [0.15, 0.2) is 0 Å². The van der Waals surface area contributed by atoms with E-state index in [-0.39, 0.29) is 5.78 Å². The van der Waals surface area contributed by atoms with Crippen LogP contribution in [0, 0.1) is 0 Å². The molecular formula is C12H9ClO2S. The van der Waals surface area contributed by atoms with E-state index in [1.807, 2.05) is 0 Å². The molecule has 0 amide bonds. The summed E-state index contributed by atoms with van der Waals surface area (Å²) in [5.74, 6) is 0.624. The third kappa shape index (κ3) is 2.10. The quantitative estimate of drug-likeness (QED) is 0.780. The van der Waals surface area contributed by atoms with Gasteiger partial charge in [0.2, 0.25) is 5.78 Å². The number of hydrogen-bond acceptors (Lipinski definition) is 3. The van der Waals surface area contributed by atoms with Gasteiger partial charge in [0.25, 0.3) is 0 Å². The molecule has 2 aromatic rings. The molecule has 2 rings (SSSR count). The van der Waals surface area contributed by atoms with Gasteiger partial charge in [-0.3, -0.25) is 4.79 Å². The van der Waals surface area contributed by atoms with E-state index < -0.39 is 0 Å². The Morgan fingerprint density at radius 2 is 2.12 bits per heavy atom. The van der Waals surface area contributed by atoms with E-state index in [1.165, 1.54) is 11.3 Å². The Labute approximate surface area is 102 Å². The monoisotopic (exact) mass is 252 g/mol. The highest BCUT2D eigenvalue weighted by Gasteiger charge is 2.14. The molecule has 0 saturated carbocycles. The zero-order valence-electron chi connectivity index (χ0n) is 8.57. The van der Waals surface area contributed by atoms with Gasteiger partial charge in [-0.05, 0) is 12.1 Å². The molecule has 82 valence electrons. The molecule has 4 heteroatoms. The van der Waals surface area contributed by atoms with Crippen molar-refractivity contribution in [1.82, 2.24) is 0 Å². The minimum Gasteiger partial charge on any atom is -0.496 e. The number of halogens is 1. The van der Waals surface area contributed by atoms with E-state index in [2.05, 4.69) is 0 Å². The summed E-state index contributed by atoms with van der Waals surface area (Å²) in [7, 11) is 1.58. The van der Waals surface area contributed by atoms with Crippen molar-refractivity contribution in [2.45, 2.75) is 0 Å². The van der Waals surface area contributed by atoms with Gasteiger partial charge in [-0.25, -0.2) is 0 Å². The van der Waals surface area contributed by atoms with Crippen LogP contribution in [0.5, 0.6) is 5.75 Å². The first-order valence-electron chi connectivity index (χ1n) is 4.64. The van der Waals surface area contributed by atoms with Crippen LogP contribution in [0.15, 0.2) is 35.7 Å². The van der Waals surface area contributed by atoms with Gasteiger partial charge in [-0.2, -0.15) is 0 Å². The second kappa shape index (κ2) is 4.68. The maximum absolute atomic E-state index is 12.1. The number of thiophene rings is 1. The number of rotatable bonds is 3. The molecule has 1 aromatic heterocycles. The van der Waals surface area contributed by atoms with Crippen molar-refractivity contribution in [2.75, 3.05) is 7.11 Å². The Kier molecular flexibility index (Phi) is 3.27. The van der Waals surface area contributed by atoms with E-state index in [9.17, 15) is 4.79 Å². The van der Waals surface area contributed by atoms with Gasteiger partial charge in [0.1, 0.15) is 5.75 Å². The lowest BCUT2D eigenvalue weighted by Gasteiger charge is -2.00. The Morgan fingerprint density at radius 1 is 1.38 bits per heavy atom. The molecule has 16 heavy (non-hydrogen) atoms. The average Bonchev–Trinajstić information content (AvgIpc) is 2.77. The van der Waals surface area contributed by atoms with Crippen LogP contribution in [0.3, 0.4) is 0 Å². The summed E-state index contributed by atoms with van der Waals surface area (Å²) in [6.45, 7) is 0. The molecule has 0 atom stereocenters.